The Morgan fingerprint density at radius 1 is 1.05 bits per heavy atom. The summed E-state index contributed by atoms with van der Waals surface area (Å²) in [6.45, 7) is 4.07. The van der Waals surface area contributed by atoms with Gasteiger partial charge in [0.15, 0.2) is 0 Å². The maximum Gasteiger partial charge on any atom is 0.245 e. The van der Waals surface area contributed by atoms with Crippen molar-refractivity contribution in [2.24, 2.45) is 5.92 Å². The molecule has 106 valence electrons. The van der Waals surface area contributed by atoms with Crippen molar-refractivity contribution < 1.29 is 9.59 Å². The molecule has 0 spiro atoms. The highest BCUT2D eigenvalue weighted by Gasteiger charge is 2.38. The van der Waals surface area contributed by atoms with E-state index in [0.717, 1.165) is 45.6 Å². The van der Waals surface area contributed by atoms with Gasteiger partial charge in [-0.15, -0.1) is 0 Å². The smallest absolute Gasteiger partial charge is 0.245 e. The molecule has 3 rings (SSSR count). The molecule has 1 atom stereocenters. The minimum atomic E-state index is -0.177. The third kappa shape index (κ3) is 2.91. The Bertz CT molecular complexity index is 362. The van der Waals surface area contributed by atoms with Crippen molar-refractivity contribution >= 4 is 11.8 Å². The molecule has 1 saturated carbocycles. The molecule has 2 amide bonds. The summed E-state index contributed by atoms with van der Waals surface area (Å²) in [5.41, 5.74) is 0. The molecule has 1 N–H and O–H groups in total. The van der Waals surface area contributed by atoms with Gasteiger partial charge < -0.3 is 15.1 Å². The molecule has 0 aromatic carbocycles. The summed E-state index contributed by atoms with van der Waals surface area (Å²) in [6, 6.07) is -0.177. The van der Waals surface area contributed by atoms with Gasteiger partial charge in [-0.25, -0.2) is 0 Å². The van der Waals surface area contributed by atoms with Crippen molar-refractivity contribution in [3.63, 3.8) is 0 Å². The quantitative estimate of drug-likeness (QED) is 0.793. The first-order valence-electron chi connectivity index (χ1n) is 7.54. The number of carbonyl (C=O) groups excluding carboxylic acids is 2. The van der Waals surface area contributed by atoms with Crippen LogP contribution in [0.15, 0.2) is 0 Å². The highest BCUT2D eigenvalue weighted by atomic mass is 16.2. The van der Waals surface area contributed by atoms with Gasteiger partial charge in [-0.1, -0.05) is 0 Å². The van der Waals surface area contributed by atoms with E-state index in [1.807, 2.05) is 9.80 Å². The lowest BCUT2D eigenvalue weighted by atomic mass is 10.1. The lowest BCUT2D eigenvalue weighted by Gasteiger charge is -2.33. The van der Waals surface area contributed by atoms with Gasteiger partial charge in [0.2, 0.25) is 11.8 Å². The molecule has 5 heteroatoms. The molecule has 0 bridgehead atoms. The number of nitrogens with zero attached hydrogens (tertiary/aromatic N) is 2. The number of hydrogen-bond donors (Lipinski definition) is 1. The van der Waals surface area contributed by atoms with Gasteiger partial charge in [0.25, 0.3) is 0 Å². The molecule has 1 aliphatic carbocycles. The lowest BCUT2D eigenvalue weighted by Crippen LogP contribution is -2.53. The molecule has 3 fully saturated rings. The molecule has 1 unspecified atom stereocenters. The number of piperazine rings is 1. The molecule has 5 nitrogen and oxygen atoms in total. The third-order valence-electron chi connectivity index (χ3n) is 4.45. The Balaban J connectivity index is 1.60. The van der Waals surface area contributed by atoms with Crippen LogP contribution in [0, 0.1) is 5.92 Å². The van der Waals surface area contributed by atoms with Crippen LogP contribution in [0.25, 0.3) is 0 Å². The summed E-state index contributed by atoms with van der Waals surface area (Å²) in [5.74, 6) is 0.972. The monoisotopic (exact) mass is 265 g/mol. The van der Waals surface area contributed by atoms with Gasteiger partial charge in [0.05, 0.1) is 0 Å². The Labute approximate surface area is 114 Å². The number of nitrogens with one attached hydrogen (secondary N) is 1. The van der Waals surface area contributed by atoms with Crippen LogP contribution in [0.2, 0.25) is 0 Å². The van der Waals surface area contributed by atoms with E-state index in [1.165, 1.54) is 12.8 Å². The van der Waals surface area contributed by atoms with Crippen LogP contribution in [-0.4, -0.2) is 60.4 Å². The van der Waals surface area contributed by atoms with E-state index in [2.05, 4.69) is 5.32 Å². The Morgan fingerprint density at radius 2 is 1.79 bits per heavy atom. The fourth-order valence-electron chi connectivity index (χ4n) is 3.10. The van der Waals surface area contributed by atoms with E-state index < -0.39 is 0 Å². The van der Waals surface area contributed by atoms with E-state index in [4.69, 9.17) is 0 Å². The molecule has 2 heterocycles. The first kappa shape index (κ1) is 12.9. The van der Waals surface area contributed by atoms with Crippen LogP contribution in [0.3, 0.4) is 0 Å². The van der Waals surface area contributed by atoms with E-state index in [1.54, 1.807) is 0 Å². The van der Waals surface area contributed by atoms with Crippen LogP contribution < -0.4 is 5.32 Å². The van der Waals surface area contributed by atoms with Crippen molar-refractivity contribution in [3.05, 3.63) is 0 Å². The minimum Gasteiger partial charge on any atom is -0.338 e. The lowest BCUT2D eigenvalue weighted by molar-refractivity contribution is -0.144. The number of hydrogen-bond acceptors (Lipinski definition) is 3. The second-order valence-electron chi connectivity index (χ2n) is 5.97. The second-order valence-corrected chi connectivity index (χ2v) is 5.97. The molecular formula is C14H23N3O2. The van der Waals surface area contributed by atoms with E-state index in [0.29, 0.717) is 12.3 Å². The number of amides is 2. The van der Waals surface area contributed by atoms with Gasteiger partial charge in [-0.2, -0.15) is 0 Å². The van der Waals surface area contributed by atoms with Crippen LogP contribution in [-0.2, 0) is 9.59 Å². The maximum absolute atomic E-state index is 12.5. The number of carbonyl (C=O) groups is 2. The SMILES string of the molecule is O=C(C1CCCN1C(=O)CC1CC1)N1CCNCC1. The third-order valence-corrected chi connectivity index (χ3v) is 4.45. The van der Waals surface area contributed by atoms with Crippen LogP contribution >= 0.6 is 0 Å². The van der Waals surface area contributed by atoms with Crippen molar-refractivity contribution in [1.29, 1.82) is 0 Å². The van der Waals surface area contributed by atoms with Gasteiger partial charge in [-0.3, -0.25) is 9.59 Å². The molecule has 19 heavy (non-hydrogen) atoms. The standard InChI is InChI=1S/C14H23N3O2/c18-13(10-11-3-4-11)17-7-1-2-12(17)14(19)16-8-5-15-6-9-16/h11-12,15H,1-10H2. The van der Waals surface area contributed by atoms with Gasteiger partial charge in [-0.05, 0) is 31.6 Å². The highest BCUT2D eigenvalue weighted by molar-refractivity contribution is 5.88. The average molecular weight is 265 g/mol. The van der Waals surface area contributed by atoms with E-state index in [9.17, 15) is 9.59 Å². The fourth-order valence-corrected chi connectivity index (χ4v) is 3.10. The Hall–Kier alpha value is -1.10. The van der Waals surface area contributed by atoms with Crippen LogP contribution in [0.5, 0.6) is 0 Å². The first-order valence-corrected chi connectivity index (χ1v) is 7.54. The summed E-state index contributed by atoms with van der Waals surface area (Å²) >= 11 is 0. The highest BCUT2D eigenvalue weighted by Crippen LogP contribution is 2.34. The van der Waals surface area contributed by atoms with E-state index in [-0.39, 0.29) is 17.9 Å². The number of rotatable bonds is 3. The van der Waals surface area contributed by atoms with E-state index >= 15 is 0 Å². The summed E-state index contributed by atoms with van der Waals surface area (Å²) in [6.07, 6.45) is 4.86. The molecule has 0 radical (unpaired) electrons. The molecule has 0 aromatic rings. The molecule has 3 aliphatic rings. The predicted octanol–water partition coefficient (Wildman–Crippen LogP) is 0.209. The fraction of sp³-hybridized carbons (Fsp3) is 0.857. The predicted molar refractivity (Wildman–Crippen MR) is 71.5 cm³/mol. The normalized spacial score (nSPS) is 27.7. The Kier molecular flexibility index (Phi) is 3.73. The zero-order valence-electron chi connectivity index (χ0n) is 11.4. The average Bonchev–Trinajstić information content (AvgIpc) is 3.11. The van der Waals surface area contributed by atoms with Gasteiger partial charge >= 0.3 is 0 Å². The summed E-state index contributed by atoms with van der Waals surface area (Å²) in [7, 11) is 0. The number of likely N-dealkylation sites (tertiary alicyclic amines) is 1. The first-order chi connectivity index (χ1) is 9.25. The van der Waals surface area contributed by atoms with Crippen LogP contribution in [0.1, 0.15) is 32.1 Å². The summed E-state index contributed by atoms with van der Waals surface area (Å²) < 4.78 is 0. The van der Waals surface area contributed by atoms with Crippen molar-refractivity contribution in [1.82, 2.24) is 15.1 Å². The zero-order valence-corrected chi connectivity index (χ0v) is 11.4. The summed E-state index contributed by atoms with van der Waals surface area (Å²) in [5, 5.41) is 3.25. The molecular weight excluding hydrogens is 242 g/mol. The van der Waals surface area contributed by atoms with Crippen molar-refractivity contribution in [3.8, 4) is 0 Å². The van der Waals surface area contributed by atoms with Gasteiger partial charge in [0, 0.05) is 39.1 Å². The molecule has 2 saturated heterocycles. The molecule has 2 aliphatic heterocycles. The molecule has 0 aromatic heterocycles. The Morgan fingerprint density at radius 3 is 2.47 bits per heavy atom. The largest absolute Gasteiger partial charge is 0.338 e. The van der Waals surface area contributed by atoms with Crippen molar-refractivity contribution in [2.45, 2.75) is 38.1 Å². The van der Waals surface area contributed by atoms with Crippen molar-refractivity contribution in [2.75, 3.05) is 32.7 Å². The summed E-state index contributed by atoms with van der Waals surface area (Å²) in [4.78, 5) is 28.5. The topological polar surface area (TPSA) is 52.7 Å². The van der Waals surface area contributed by atoms with Gasteiger partial charge in [0.1, 0.15) is 6.04 Å². The zero-order chi connectivity index (χ0) is 13.2. The minimum absolute atomic E-state index is 0.170. The van der Waals surface area contributed by atoms with Crippen LogP contribution in [0.4, 0.5) is 0 Å². The second kappa shape index (κ2) is 5.49. The maximum atomic E-state index is 12.5.